The maximum atomic E-state index is 7.88. The quantitative estimate of drug-likeness (QED) is 0.122. The van der Waals surface area contributed by atoms with Crippen LogP contribution in [0, 0.1) is 12.3 Å². The van der Waals surface area contributed by atoms with E-state index in [1.807, 2.05) is 88.4 Å². The molecule has 0 saturated heterocycles. The first-order valence-corrected chi connectivity index (χ1v) is 21.8. The van der Waals surface area contributed by atoms with Gasteiger partial charge in [0.05, 0.1) is 0 Å². The third kappa shape index (κ3) is 13.7. The van der Waals surface area contributed by atoms with Crippen LogP contribution in [0.3, 0.4) is 0 Å². The molecule has 0 atom stereocenters. The minimum Gasteiger partial charge on any atom is -0.326 e. The van der Waals surface area contributed by atoms with Gasteiger partial charge in [0.1, 0.15) is 0 Å². The van der Waals surface area contributed by atoms with Gasteiger partial charge in [-0.1, -0.05) is 208 Å². The molecule has 3 N–H and O–H groups in total. The number of hydrogen-bond acceptors (Lipinski definition) is 3. The fourth-order valence-electron chi connectivity index (χ4n) is 6.61. The minimum atomic E-state index is 0.640. The second kappa shape index (κ2) is 25.8. The van der Waals surface area contributed by atoms with E-state index < -0.39 is 0 Å². The van der Waals surface area contributed by atoms with Gasteiger partial charge in [0.2, 0.25) is 0 Å². The molecule has 0 spiro atoms. The monoisotopic (exact) mass is 816 g/mol. The summed E-state index contributed by atoms with van der Waals surface area (Å²) in [4.78, 5) is 0. The third-order valence-electron chi connectivity index (χ3n) is 9.65. The standard InChI is InChI=1S/C37H29NS.C7H9N.C7H8.C5H8.C2H6/c1-3-35-37(25(2)24-38)34-23-31(19-20-36(34)39-35)33-18-8-7-17-32(33)30-16-10-15-29(22-30)28-14-9-13-27(21-28)26-11-5-4-6-12-26;8-6-7-4-2-1-3-5-7;1-7-5-3-2-4-6-7;1-3-5-4-2;1-2/h3-24,38H,1-2H3;1-5H,6,8H2;2-6H,1H3;3-5H,1H2,2H3;1-2H3/b35-3+,37-25+,38-24?;;;5-4-;. The number of nitrogens with two attached hydrogens (primary N) is 1. The van der Waals surface area contributed by atoms with Gasteiger partial charge in [0.25, 0.3) is 0 Å². The van der Waals surface area contributed by atoms with Crippen molar-refractivity contribution in [1.82, 2.24) is 0 Å². The summed E-state index contributed by atoms with van der Waals surface area (Å²) in [6.07, 6.45) is 9.19. The van der Waals surface area contributed by atoms with E-state index in [-0.39, 0.29) is 0 Å². The van der Waals surface area contributed by atoms with Crippen LogP contribution >= 0.6 is 11.3 Å². The van der Waals surface area contributed by atoms with Crippen molar-refractivity contribution in [2.75, 3.05) is 0 Å². The van der Waals surface area contributed by atoms with E-state index in [2.05, 4.69) is 160 Å². The number of allylic oxidation sites excluding steroid dienone is 3. The van der Waals surface area contributed by atoms with Crippen molar-refractivity contribution in [3.05, 3.63) is 228 Å². The Morgan fingerprint density at radius 1 is 0.590 bits per heavy atom. The average molecular weight is 817 g/mol. The van der Waals surface area contributed by atoms with Gasteiger partial charge in [-0.25, -0.2) is 0 Å². The number of hydrogen-bond donors (Lipinski definition) is 2. The number of benzene rings is 7. The Bertz CT molecular complexity index is 2710. The van der Waals surface area contributed by atoms with Crippen LogP contribution < -0.4 is 15.5 Å². The predicted molar refractivity (Wildman–Crippen MR) is 273 cm³/mol. The number of fused-ring (bicyclic) bond motifs is 1. The summed E-state index contributed by atoms with van der Waals surface area (Å²) < 4.78 is 2.47. The molecule has 0 bridgehead atoms. The molecule has 8 rings (SSSR count). The highest BCUT2D eigenvalue weighted by Gasteiger charge is 2.11. The molecule has 308 valence electrons. The molecule has 0 radical (unpaired) electrons. The number of rotatable bonds is 7. The van der Waals surface area contributed by atoms with Gasteiger partial charge < -0.3 is 11.1 Å². The molecule has 8 aromatic rings. The Balaban J connectivity index is 0.000000303. The van der Waals surface area contributed by atoms with E-state index in [4.69, 9.17) is 11.1 Å². The van der Waals surface area contributed by atoms with Gasteiger partial charge >= 0.3 is 0 Å². The van der Waals surface area contributed by atoms with E-state index in [0.717, 1.165) is 5.57 Å². The van der Waals surface area contributed by atoms with Crippen LogP contribution in [-0.4, -0.2) is 6.21 Å². The Kier molecular flexibility index (Phi) is 19.9. The number of thiophene rings is 1. The molecule has 0 saturated carbocycles. The zero-order valence-corrected chi connectivity index (χ0v) is 37.4. The molecule has 1 heterocycles. The summed E-state index contributed by atoms with van der Waals surface area (Å²) in [6, 6.07) is 63.8. The Morgan fingerprint density at radius 2 is 1.07 bits per heavy atom. The van der Waals surface area contributed by atoms with Crippen LogP contribution in [-0.2, 0) is 6.54 Å². The molecule has 0 aliphatic heterocycles. The van der Waals surface area contributed by atoms with Gasteiger partial charge in [-0.3, -0.25) is 0 Å². The lowest BCUT2D eigenvalue weighted by Gasteiger charge is -2.13. The molecule has 2 nitrogen and oxygen atoms in total. The van der Waals surface area contributed by atoms with Crippen molar-refractivity contribution in [2.24, 2.45) is 5.73 Å². The SMILES string of the molecule is C/C=c1/sc2ccc(-c3ccccc3-c3cccc(-c4cccc(-c5ccccc5)c4)c3)cc2/c1=C(/C)C=N.C=C/C=C\C.CC.Cc1ccccc1.NCc1ccccc1. The third-order valence-corrected chi connectivity index (χ3v) is 10.9. The summed E-state index contributed by atoms with van der Waals surface area (Å²) >= 11 is 1.79. The molecule has 0 unspecified atom stereocenters. The van der Waals surface area contributed by atoms with E-state index in [0.29, 0.717) is 6.54 Å². The summed E-state index contributed by atoms with van der Waals surface area (Å²) in [5.41, 5.74) is 18.5. The average Bonchev–Trinajstić information content (AvgIpc) is 3.72. The Labute approximate surface area is 368 Å². The number of nitrogens with one attached hydrogen (secondary N) is 1. The van der Waals surface area contributed by atoms with Crippen molar-refractivity contribution >= 4 is 39.3 Å². The molecular weight excluding hydrogens is 757 g/mol. The lowest BCUT2D eigenvalue weighted by molar-refractivity contribution is 1.07. The molecular formula is C58H60N2S. The number of aryl methyl sites for hydroxylation is 1. The van der Waals surface area contributed by atoms with E-state index in [1.54, 1.807) is 17.4 Å². The van der Waals surface area contributed by atoms with Crippen LogP contribution in [0.5, 0.6) is 0 Å². The normalized spacial score (nSPS) is 11.0. The predicted octanol–water partition coefficient (Wildman–Crippen LogP) is 15.1. The Hall–Kier alpha value is -6.65. The fraction of sp³-hybridized carbons (Fsp3) is 0.121. The largest absolute Gasteiger partial charge is 0.326 e. The maximum absolute atomic E-state index is 7.88. The zero-order chi connectivity index (χ0) is 43.8. The van der Waals surface area contributed by atoms with Crippen molar-refractivity contribution < 1.29 is 0 Å². The molecule has 61 heavy (non-hydrogen) atoms. The van der Waals surface area contributed by atoms with Crippen molar-refractivity contribution in [3.63, 3.8) is 0 Å². The lowest BCUT2D eigenvalue weighted by atomic mass is 9.91. The highest BCUT2D eigenvalue weighted by atomic mass is 32.1. The van der Waals surface area contributed by atoms with Crippen molar-refractivity contribution in [2.45, 2.75) is 48.1 Å². The summed E-state index contributed by atoms with van der Waals surface area (Å²) in [7, 11) is 0. The molecule has 0 aliphatic carbocycles. The fourth-order valence-corrected chi connectivity index (χ4v) is 7.75. The van der Waals surface area contributed by atoms with E-state index in [1.165, 1.54) is 81.7 Å². The topological polar surface area (TPSA) is 49.9 Å². The molecule has 0 fully saturated rings. The van der Waals surface area contributed by atoms with Crippen LogP contribution in [0.4, 0.5) is 0 Å². The maximum Gasteiger partial charge on any atom is 0.0355 e. The summed E-state index contributed by atoms with van der Waals surface area (Å²) in [5, 5.41) is 10.3. The zero-order valence-electron chi connectivity index (χ0n) is 36.6. The minimum absolute atomic E-state index is 0.640. The molecule has 0 amide bonds. The van der Waals surface area contributed by atoms with Gasteiger partial charge in [0, 0.05) is 32.6 Å². The molecule has 7 aromatic carbocycles. The van der Waals surface area contributed by atoms with Crippen molar-refractivity contribution in [1.29, 1.82) is 5.41 Å². The van der Waals surface area contributed by atoms with Crippen LogP contribution in [0.25, 0.3) is 66.2 Å². The first-order chi connectivity index (χ1) is 29.9. The van der Waals surface area contributed by atoms with Crippen LogP contribution in [0.1, 0.15) is 45.7 Å². The van der Waals surface area contributed by atoms with Gasteiger partial charge in [-0.15, -0.1) is 11.3 Å². The second-order valence-corrected chi connectivity index (χ2v) is 14.9. The van der Waals surface area contributed by atoms with Gasteiger partial charge in [0.15, 0.2) is 0 Å². The molecule has 0 aliphatic rings. The van der Waals surface area contributed by atoms with Crippen molar-refractivity contribution in [3.8, 4) is 44.5 Å². The highest BCUT2D eigenvalue weighted by Crippen LogP contribution is 2.36. The van der Waals surface area contributed by atoms with Gasteiger partial charge in [-0.2, -0.15) is 0 Å². The van der Waals surface area contributed by atoms with E-state index in [9.17, 15) is 0 Å². The van der Waals surface area contributed by atoms with Gasteiger partial charge in [-0.05, 0) is 108 Å². The first kappa shape index (κ1) is 47.0. The molecule has 1 aromatic heterocycles. The van der Waals surface area contributed by atoms with E-state index >= 15 is 0 Å². The second-order valence-electron chi connectivity index (χ2n) is 13.8. The summed E-state index contributed by atoms with van der Waals surface area (Å²) in [5.74, 6) is 0. The Morgan fingerprint density at radius 3 is 1.52 bits per heavy atom. The first-order valence-electron chi connectivity index (χ1n) is 21.0. The summed E-state index contributed by atoms with van der Waals surface area (Å²) in [6.45, 7) is 16.2. The molecule has 3 heteroatoms. The highest BCUT2D eigenvalue weighted by molar-refractivity contribution is 7.17. The lowest BCUT2D eigenvalue weighted by Crippen LogP contribution is -2.21. The van der Waals surface area contributed by atoms with Crippen LogP contribution in [0.2, 0.25) is 0 Å². The van der Waals surface area contributed by atoms with Crippen LogP contribution in [0.15, 0.2) is 207 Å². The smallest absolute Gasteiger partial charge is 0.0355 e.